The number of aliphatic hydroxyl groups is 1. The van der Waals surface area contributed by atoms with Crippen LogP contribution in [0.5, 0.6) is 0 Å². The zero-order chi connectivity index (χ0) is 21.9. The zero-order valence-corrected chi connectivity index (χ0v) is 17.7. The summed E-state index contributed by atoms with van der Waals surface area (Å²) in [6.07, 6.45) is 0.416. The highest BCUT2D eigenvalue weighted by molar-refractivity contribution is 5.85. The van der Waals surface area contributed by atoms with Crippen LogP contribution in [0.25, 0.3) is 22.4 Å². The van der Waals surface area contributed by atoms with Crippen molar-refractivity contribution in [3.63, 3.8) is 0 Å². The SMILES string of the molecule is O=C(C(CCO)c1ccccc1)N1Cc2[nH]nc(-c3ccc(-c4ccccc4)cc3)c2C1. The van der Waals surface area contributed by atoms with E-state index < -0.39 is 0 Å². The zero-order valence-electron chi connectivity index (χ0n) is 17.7. The second kappa shape index (κ2) is 8.81. The van der Waals surface area contributed by atoms with E-state index in [9.17, 15) is 9.90 Å². The maximum atomic E-state index is 13.3. The molecule has 1 aliphatic heterocycles. The highest BCUT2D eigenvalue weighted by Crippen LogP contribution is 2.34. The van der Waals surface area contributed by atoms with Gasteiger partial charge in [0.1, 0.15) is 0 Å². The molecule has 0 radical (unpaired) electrons. The van der Waals surface area contributed by atoms with Crippen LogP contribution in [0.3, 0.4) is 0 Å². The number of nitrogens with one attached hydrogen (secondary N) is 1. The van der Waals surface area contributed by atoms with Gasteiger partial charge in [0.2, 0.25) is 5.91 Å². The molecular formula is C27H25N3O2. The van der Waals surface area contributed by atoms with Crippen molar-refractivity contribution >= 4 is 5.91 Å². The van der Waals surface area contributed by atoms with Crippen molar-refractivity contribution in [2.45, 2.75) is 25.4 Å². The predicted molar refractivity (Wildman–Crippen MR) is 125 cm³/mol. The summed E-state index contributed by atoms with van der Waals surface area (Å²) in [6.45, 7) is 1.01. The van der Waals surface area contributed by atoms with Gasteiger partial charge in [0, 0.05) is 17.7 Å². The average Bonchev–Trinajstić information content (AvgIpc) is 3.45. The lowest BCUT2D eigenvalue weighted by Crippen LogP contribution is -2.31. The van der Waals surface area contributed by atoms with E-state index in [1.54, 1.807) is 0 Å². The lowest BCUT2D eigenvalue weighted by atomic mass is 9.94. The summed E-state index contributed by atoms with van der Waals surface area (Å²) in [5.41, 5.74) is 7.27. The third-order valence-electron chi connectivity index (χ3n) is 6.15. The number of carbonyl (C=O) groups is 1. The van der Waals surface area contributed by atoms with Gasteiger partial charge in [-0.1, -0.05) is 84.9 Å². The normalized spacial score (nSPS) is 13.7. The molecule has 1 aliphatic rings. The van der Waals surface area contributed by atoms with Gasteiger partial charge in [-0.2, -0.15) is 5.10 Å². The second-order valence-corrected chi connectivity index (χ2v) is 8.14. The summed E-state index contributed by atoms with van der Waals surface area (Å²) in [5, 5.41) is 17.2. The lowest BCUT2D eigenvalue weighted by Gasteiger charge is -2.23. The molecular weight excluding hydrogens is 398 g/mol. The molecule has 4 aromatic rings. The molecule has 0 bridgehead atoms. The fourth-order valence-electron chi connectivity index (χ4n) is 4.45. The molecule has 0 aliphatic carbocycles. The Morgan fingerprint density at radius 3 is 2.19 bits per heavy atom. The smallest absolute Gasteiger partial charge is 0.230 e. The van der Waals surface area contributed by atoms with Crippen LogP contribution in [0.15, 0.2) is 84.9 Å². The fraction of sp³-hybridized carbons (Fsp3) is 0.185. The molecule has 1 atom stereocenters. The van der Waals surface area contributed by atoms with Crippen LogP contribution in [0.2, 0.25) is 0 Å². The van der Waals surface area contributed by atoms with Crippen molar-refractivity contribution in [3.8, 4) is 22.4 Å². The van der Waals surface area contributed by atoms with Crippen LogP contribution in [0.4, 0.5) is 0 Å². The van der Waals surface area contributed by atoms with Crippen molar-refractivity contribution in [2.75, 3.05) is 6.61 Å². The number of nitrogens with zero attached hydrogens (tertiary/aromatic N) is 2. The van der Waals surface area contributed by atoms with Crippen LogP contribution < -0.4 is 0 Å². The molecule has 2 heterocycles. The molecule has 1 unspecified atom stereocenters. The minimum absolute atomic E-state index is 0.0228. The molecule has 0 spiro atoms. The lowest BCUT2D eigenvalue weighted by molar-refractivity contribution is -0.133. The molecule has 160 valence electrons. The Morgan fingerprint density at radius 2 is 1.50 bits per heavy atom. The van der Waals surface area contributed by atoms with Crippen molar-refractivity contribution < 1.29 is 9.90 Å². The molecule has 32 heavy (non-hydrogen) atoms. The quantitative estimate of drug-likeness (QED) is 0.470. The molecule has 2 N–H and O–H groups in total. The minimum Gasteiger partial charge on any atom is -0.396 e. The number of amides is 1. The first-order valence-electron chi connectivity index (χ1n) is 10.9. The van der Waals surface area contributed by atoms with Gasteiger partial charge in [-0.3, -0.25) is 9.89 Å². The van der Waals surface area contributed by atoms with Crippen molar-refractivity contribution in [3.05, 3.63) is 102 Å². The Labute approximate surface area is 187 Å². The molecule has 0 fully saturated rings. The molecule has 5 heteroatoms. The van der Waals surface area contributed by atoms with Crippen LogP contribution in [0, 0.1) is 0 Å². The predicted octanol–water partition coefficient (Wildman–Crippen LogP) is 4.75. The van der Waals surface area contributed by atoms with E-state index in [1.165, 1.54) is 5.56 Å². The Balaban J connectivity index is 1.36. The number of aromatic nitrogens is 2. The van der Waals surface area contributed by atoms with Gasteiger partial charge in [-0.15, -0.1) is 0 Å². The van der Waals surface area contributed by atoms with E-state index in [2.05, 4.69) is 46.6 Å². The Hall–Kier alpha value is -3.70. The number of hydrogen-bond donors (Lipinski definition) is 2. The van der Waals surface area contributed by atoms with Crippen LogP contribution >= 0.6 is 0 Å². The third kappa shape index (κ3) is 3.83. The fourth-order valence-corrected chi connectivity index (χ4v) is 4.45. The van der Waals surface area contributed by atoms with E-state index >= 15 is 0 Å². The van der Waals surface area contributed by atoms with Crippen molar-refractivity contribution in [1.82, 2.24) is 15.1 Å². The Morgan fingerprint density at radius 1 is 0.875 bits per heavy atom. The van der Waals surface area contributed by atoms with Gasteiger partial charge in [0.05, 0.1) is 30.4 Å². The van der Waals surface area contributed by atoms with Gasteiger partial charge >= 0.3 is 0 Å². The van der Waals surface area contributed by atoms with Crippen LogP contribution in [-0.2, 0) is 17.9 Å². The number of fused-ring (bicyclic) bond motifs is 1. The van der Waals surface area contributed by atoms with E-state index in [4.69, 9.17) is 0 Å². The Kier molecular flexibility index (Phi) is 5.57. The summed E-state index contributed by atoms with van der Waals surface area (Å²) in [4.78, 5) is 15.2. The molecule has 5 nitrogen and oxygen atoms in total. The largest absolute Gasteiger partial charge is 0.396 e. The van der Waals surface area contributed by atoms with Gasteiger partial charge in [0.25, 0.3) is 0 Å². The standard InChI is InChI=1S/C27H25N3O2/c31-16-15-23(21-9-5-2-6-10-21)27(32)30-17-24-25(18-30)28-29-26(24)22-13-11-20(12-14-22)19-7-3-1-4-8-19/h1-14,23,31H,15-18H2,(H,28,29). The Bertz CT molecular complexity index is 1200. The maximum Gasteiger partial charge on any atom is 0.230 e. The van der Waals surface area contributed by atoms with Crippen LogP contribution in [-0.4, -0.2) is 32.7 Å². The maximum absolute atomic E-state index is 13.3. The van der Waals surface area contributed by atoms with Crippen molar-refractivity contribution in [2.24, 2.45) is 0 Å². The van der Waals surface area contributed by atoms with Gasteiger partial charge < -0.3 is 10.0 Å². The second-order valence-electron chi connectivity index (χ2n) is 8.14. The summed E-state index contributed by atoms with van der Waals surface area (Å²) >= 11 is 0. The average molecular weight is 424 g/mol. The van der Waals surface area contributed by atoms with E-state index in [0.29, 0.717) is 19.5 Å². The number of H-pyrrole nitrogens is 1. The highest BCUT2D eigenvalue weighted by atomic mass is 16.3. The molecule has 3 aromatic carbocycles. The van der Waals surface area contributed by atoms with Gasteiger partial charge in [-0.05, 0) is 23.1 Å². The summed E-state index contributed by atoms with van der Waals surface area (Å²) < 4.78 is 0. The van der Waals surface area contributed by atoms with E-state index in [-0.39, 0.29) is 18.4 Å². The minimum atomic E-state index is -0.341. The van der Waals surface area contributed by atoms with Crippen molar-refractivity contribution in [1.29, 1.82) is 0 Å². The monoisotopic (exact) mass is 423 g/mol. The summed E-state index contributed by atoms with van der Waals surface area (Å²) in [6, 6.07) is 28.4. The first kappa shape index (κ1) is 20.2. The first-order valence-corrected chi connectivity index (χ1v) is 10.9. The molecule has 1 aromatic heterocycles. The highest BCUT2D eigenvalue weighted by Gasteiger charge is 2.32. The number of rotatable bonds is 6. The topological polar surface area (TPSA) is 69.2 Å². The number of hydrogen-bond acceptors (Lipinski definition) is 3. The number of aliphatic hydroxyl groups excluding tert-OH is 1. The number of aromatic amines is 1. The van der Waals surface area contributed by atoms with E-state index in [1.807, 2.05) is 53.4 Å². The first-order chi connectivity index (χ1) is 15.7. The molecule has 0 saturated heterocycles. The third-order valence-corrected chi connectivity index (χ3v) is 6.15. The van der Waals surface area contributed by atoms with Gasteiger partial charge in [0.15, 0.2) is 0 Å². The van der Waals surface area contributed by atoms with Crippen LogP contribution in [0.1, 0.15) is 29.2 Å². The van der Waals surface area contributed by atoms with E-state index in [0.717, 1.165) is 33.6 Å². The molecule has 5 rings (SSSR count). The van der Waals surface area contributed by atoms with Gasteiger partial charge in [-0.25, -0.2) is 0 Å². The molecule has 1 amide bonds. The molecule has 0 saturated carbocycles. The summed E-state index contributed by atoms with van der Waals surface area (Å²) in [7, 11) is 0. The number of benzene rings is 3. The summed E-state index contributed by atoms with van der Waals surface area (Å²) in [5.74, 6) is -0.299. The number of carbonyl (C=O) groups excluding carboxylic acids is 1.